The Morgan fingerprint density at radius 3 is 2.62 bits per heavy atom. The second kappa shape index (κ2) is 5.82. The van der Waals surface area contributed by atoms with E-state index in [9.17, 15) is 9.59 Å². The molecule has 2 heterocycles. The summed E-state index contributed by atoms with van der Waals surface area (Å²) in [5, 5.41) is 2.85. The highest BCUT2D eigenvalue weighted by Crippen LogP contribution is 2.48. The molecule has 2 aliphatic rings. The zero-order chi connectivity index (χ0) is 16.6. The van der Waals surface area contributed by atoms with Gasteiger partial charge in [0.25, 0.3) is 0 Å². The zero-order valence-electron chi connectivity index (χ0n) is 13.5. The van der Waals surface area contributed by atoms with Crippen molar-refractivity contribution in [2.24, 2.45) is 5.41 Å². The largest absolute Gasteiger partial charge is 0.467 e. The molecule has 0 atom stereocenters. The van der Waals surface area contributed by atoms with Crippen molar-refractivity contribution in [3.63, 3.8) is 0 Å². The second-order valence-corrected chi connectivity index (χ2v) is 6.59. The van der Waals surface area contributed by atoms with Gasteiger partial charge in [0.1, 0.15) is 11.2 Å². The molecule has 0 radical (unpaired) electrons. The van der Waals surface area contributed by atoms with E-state index in [1.807, 2.05) is 23.1 Å². The van der Waals surface area contributed by atoms with E-state index in [1.54, 1.807) is 12.3 Å². The number of nitrogens with zero attached hydrogens (tertiary/aromatic N) is 1. The summed E-state index contributed by atoms with van der Waals surface area (Å²) in [5.74, 6) is 0.482. The van der Waals surface area contributed by atoms with Gasteiger partial charge in [0.05, 0.1) is 12.8 Å². The van der Waals surface area contributed by atoms with Crippen LogP contribution in [0.5, 0.6) is 0 Å². The summed E-state index contributed by atoms with van der Waals surface area (Å²) >= 11 is 0. The molecule has 4 rings (SSSR count). The van der Waals surface area contributed by atoms with Crippen molar-refractivity contribution in [1.82, 2.24) is 10.2 Å². The average molecular weight is 324 g/mol. The van der Waals surface area contributed by atoms with Crippen LogP contribution < -0.4 is 5.32 Å². The first-order valence-corrected chi connectivity index (χ1v) is 8.36. The van der Waals surface area contributed by atoms with Crippen molar-refractivity contribution in [2.45, 2.75) is 32.4 Å². The van der Waals surface area contributed by atoms with E-state index < -0.39 is 5.41 Å². The maximum absolute atomic E-state index is 12.9. The molecule has 24 heavy (non-hydrogen) atoms. The number of hydrogen-bond donors (Lipinski definition) is 1. The lowest BCUT2D eigenvalue weighted by Gasteiger charge is -2.31. The number of nitrogens with one attached hydrogen (secondary N) is 1. The Hall–Kier alpha value is -2.56. The van der Waals surface area contributed by atoms with Gasteiger partial charge in [0.2, 0.25) is 11.8 Å². The highest BCUT2D eigenvalue weighted by molar-refractivity contribution is 6.07. The molecule has 0 unspecified atom stereocenters. The molecule has 1 aliphatic heterocycles. The average Bonchev–Trinajstić information content (AvgIpc) is 3.27. The first kappa shape index (κ1) is 15.0. The summed E-state index contributed by atoms with van der Waals surface area (Å²) in [6.45, 7) is 1.61. The van der Waals surface area contributed by atoms with Crippen LogP contribution >= 0.6 is 0 Å². The minimum absolute atomic E-state index is 0.0334. The number of fused-ring (bicyclic) bond motifs is 1. The molecule has 1 fully saturated rings. The molecule has 124 valence electrons. The van der Waals surface area contributed by atoms with Crippen LogP contribution in [0, 0.1) is 5.41 Å². The van der Waals surface area contributed by atoms with Gasteiger partial charge in [0, 0.05) is 13.1 Å². The van der Waals surface area contributed by atoms with E-state index >= 15 is 0 Å². The molecule has 1 aromatic heterocycles. The molecule has 2 aromatic rings. The Kier molecular flexibility index (Phi) is 3.63. The Bertz CT molecular complexity index is 763. The SMILES string of the molecule is O=C(NCc1ccco1)C1(C(=O)N2CCc3ccccc3C2)CC1. The third kappa shape index (κ3) is 2.60. The summed E-state index contributed by atoms with van der Waals surface area (Å²) in [5.41, 5.74) is 1.62. The van der Waals surface area contributed by atoms with Crippen LogP contribution in [-0.2, 0) is 29.1 Å². The smallest absolute Gasteiger partial charge is 0.238 e. The van der Waals surface area contributed by atoms with Gasteiger partial charge in [-0.2, -0.15) is 0 Å². The summed E-state index contributed by atoms with van der Waals surface area (Å²) < 4.78 is 5.22. The minimum atomic E-state index is -0.862. The van der Waals surface area contributed by atoms with E-state index in [0.717, 1.165) is 6.42 Å². The summed E-state index contributed by atoms with van der Waals surface area (Å²) in [6, 6.07) is 11.8. The van der Waals surface area contributed by atoms with E-state index in [-0.39, 0.29) is 11.8 Å². The number of benzene rings is 1. The standard InChI is InChI=1S/C19H20N2O3/c22-17(20-12-16-6-3-11-24-16)19(8-9-19)18(23)21-10-7-14-4-1-2-5-15(14)13-21/h1-6,11H,7-10,12-13H2,(H,20,22). The highest BCUT2D eigenvalue weighted by atomic mass is 16.3. The van der Waals surface area contributed by atoms with Crippen LogP contribution in [0.1, 0.15) is 29.7 Å². The number of rotatable bonds is 4. The molecule has 1 aliphatic carbocycles. The van der Waals surface area contributed by atoms with Gasteiger partial charge >= 0.3 is 0 Å². The van der Waals surface area contributed by atoms with Gasteiger partial charge < -0.3 is 14.6 Å². The van der Waals surface area contributed by atoms with Crippen molar-refractivity contribution in [3.05, 3.63) is 59.5 Å². The van der Waals surface area contributed by atoms with Crippen LogP contribution in [0.2, 0.25) is 0 Å². The number of furan rings is 1. The molecule has 5 heteroatoms. The monoisotopic (exact) mass is 324 g/mol. The summed E-state index contributed by atoms with van der Waals surface area (Å²) in [6.07, 6.45) is 3.69. The Morgan fingerprint density at radius 2 is 1.92 bits per heavy atom. The fraction of sp³-hybridized carbons (Fsp3) is 0.368. The Labute approximate surface area is 140 Å². The van der Waals surface area contributed by atoms with Gasteiger partial charge in [0.15, 0.2) is 0 Å². The molecular formula is C19H20N2O3. The van der Waals surface area contributed by atoms with E-state index in [0.29, 0.717) is 38.2 Å². The third-order valence-electron chi connectivity index (χ3n) is 5.02. The van der Waals surface area contributed by atoms with Crippen molar-refractivity contribution in [3.8, 4) is 0 Å². The summed E-state index contributed by atoms with van der Waals surface area (Å²) in [4.78, 5) is 27.3. The highest BCUT2D eigenvalue weighted by Gasteiger charge is 2.58. The number of carbonyl (C=O) groups is 2. The quantitative estimate of drug-likeness (QED) is 0.878. The van der Waals surface area contributed by atoms with E-state index in [2.05, 4.69) is 17.4 Å². The van der Waals surface area contributed by atoms with Crippen LogP contribution in [-0.4, -0.2) is 23.3 Å². The lowest BCUT2D eigenvalue weighted by Crippen LogP contribution is -2.46. The first-order chi connectivity index (χ1) is 11.7. The van der Waals surface area contributed by atoms with Gasteiger partial charge in [-0.05, 0) is 42.5 Å². The molecule has 0 spiro atoms. The number of carbonyl (C=O) groups excluding carboxylic acids is 2. The van der Waals surface area contributed by atoms with Gasteiger partial charge in [-0.15, -0.1) is 0 Å². The number of amides is 2. The summed E-state index contributed by atoms with van der Waals surface area (Å²) in [7, 11) is 0. The fourth-order valence-electron chi connectivity index (χ4n) is 3.38. The molecule has 1 aromatic carbocycles. The third-order valence-corrected chi connectivity index (χ3v) is 5.02. The van der Waals surface area contributed by atoms with Gasteiger partial charge in [-0.3, -0.25) is 9.59 Å². The minimum Gasteiger partial charge on any atom is -0.467 e. The zero-order valence-corrected chi connectivity index (χ0v) is 13.5. The van der Waals surface area contributed by atoms with Crippen LogP contribution in [0.4, 0.5) is 0 Å². The lowest BCUT2D eigenvalue weighted by atomic mass is 9.97. The fourth-order valence-corrected chi connectivity index (χ4v) is 3.38. The second-order valence-electron chi connectivity index (χ2n) is 6.59. The molecule has 5 nitrogen and oxygen atoms in total. The van der Waals surface area contributed by atoms with E-state index in [4.69, 9.17) is 4.42 Å². The van der Waals surface area contributed by atoms with Crippen LogP contribution in [0.15, 0.2) is 47.1 Å². The predicted molar refractivity (Wildman–Crippen MR) is 87.8 cm³/mol. The van der Waals surface area contributed by atoms with E-state index in [1.165, 1.54) is 11.1 Å². The molecule has 0 saturated heterocycles. The topological polar surface area (TPSA) is 62.6 Å². The maximum Gasteiger partial charge on any atom is 0.238 e. The Morgan fingerprint density at radius 1 is 1.12 bits per heavy atom. The van der Waals surface area contributed by atoms with Gasteiger partial charge in [-0.25, -0.2) is 0 Å². The lowest BCUT2D eigenvalue weighted by molar-refractivity contribution is -0.145. The van der Waals surface area contributed by atoms with Crippen LogP contribution in [0.25, 0.3) is 0 Å². The maximum atomic E-state index is 12.9. The van der Waals surface area contributed by atoms with Gasteiger partial charge in [-0.1, -0.05) is 24.3 Å². The Balaban J connectivity index is 1.43. The van der Waals surface area contributed by atoms with Crippen molar-refractivity contribution < 1.29 is 14.0 Å². The number of hydrogen-bond acceptors (Lipinski definition) is 3. The van der Waals surface area contributed by atoms with Crippen molar-refractivity contribution in [2.75, 3.05) is 6.54 Å². The van der Waals surface area contributed by atoms with Crippen molar-refractivity contribution in [1.29, 1.82) is 0 Å². The molecule has 2 amide bonds. The molecule has 1 N–H and O–H groups in total. The predicted octanol–water partition coefficient (Wildman–Crippen LogP) is 2.26. The first-order valence-electron chi connectivity index (χ1n) is 8.36. The molecule has 0 bridgehead atoms. The normalized spacial score (nSPS) is 17.9. The molecule has 1 saturated carbocycles. The molecular weight excluding hydrogens is 304 g/mol. The van der Waals surface area contributed by atoms with Crippen molar-refractivity contribution >= 4 is 11.8 Å². The van der Waals surface area contributed by atoms with Crippen LogP contribution in [0.3, 0.4) is 0 Å².